The Morgan fingerprint density at radius 2 is 1.60 bits per heavy atom. The van der Waals surface area contributed by atoms with Crippen LogP contribution < -0.4 is 10.2 Å². The lowest BCUT2D eigenvalue weighted by Crippen LogP contribution is -1.76. The zero-order chi connectivity index (χ0) is 6.97. The lowest BCUT2D eigenvalue weighted by atomic mass is 10.3. The first kappa shape index (κ1) is 5.81. The summed E-state index contributed by atoms with van der Waals surface area (Å²) >= 11 is 0. The lowest BCUT2D eigenvalue weighted by Gasteiger charge is -1.92. The molecule has 0 radical (unpaired) electrons. The third kappa shape index (κ3) is 0.792. The summed E-state index contributed by atoms with van der Waals surface area (Å²) in [5.41, 5.74) is 1.87. The highest BCUT2D eigenvalue weighted by Crippen LogP contribution is 2.39. The van der Waals surface area contributed by atoms with Crippen molar-refractivity contribution in [1.29, 1.82) is 0 Å². The number of para-hydroxylation sites is 2. The molecule has 0 unspecified atom stereocenters. The van der Waals surface area contributed by atoms with Crippen LogP contribution in [0.1, 0.15) is 0 Å². The van der Waals surface area contributed by atoms with Crippen LogP contribution in [0, 0.1) is 0 Å². The van der Waals surface area contributed by atoms with E-state index in [-0.39, 0.29) is 0 Å². The van der Waals surface area contributed by atoms with Crippen LogP contribution >= 0.6 is 8.10 Å². The highest BCUT2D eigenvalue weighted by molar-refractivity contribution is 7.49. The summed E-state index contributed by atoms with van der Waals surface area (Å²) in [6.07, 6.45) is 0. The van der Waals surface area contributed by atoms with Gasteiger partial charge in [0.1, 0.15) is 0 Å². The van der Waals surface area contributed by atoms with Crippen molar-refractivity contribution in [3.05, 3.63) is 24.3 Å². The number of benzene rings is 1. The molecule has 0 saturated carbocycles. The van der Waals surface area contributed by atoms with Gasteiger partial charge in [0, 0.05) is 0 Å². The van der Waals surface area contributed by atoms with E-state index in [9.17, 15) is 4.57 Å². The summed E-state index contributed by atoms with van der Waals surface area (Å²) < 4.78 is 10.9. The minimum atomic E-state index is -1.76. The number of rotatable bonds is 0. The first-order valence-electron chi connectivity index (χ1n) is 3.03. The molecule has 0 atom stereocenters. The average molecular weight is 154 g/mol. The number of anilines is 2. The summed E-state index contributed by atoms with van der Waals surface area (Å²) in [7, 11) is -1.76. The Labute approximate surface area is 59.3 Å². The Kier molecular flexibility index (Phi) is 1.18. The standard InChI is InChI=1S/C6H7N2OP/c9-10-7-5-3-1-2-4-6(5)8-10/h1-4,10H,(H2,7,8,9). The largest absolute Gasteiger partial charge is 0.321 e. The predicted molar refractivity (Wildman–Crippen MR) is 42.7 cm³/mol. The van der Waals surface area contributed by atoms with Crippen LogP contribution in [-0.4, -0.2) is 0 Å². The fourth-order valence-corrected chi connectivity index (χ4v) is 1.96. The van der Waals surface area contributed by atoms with E-state index in [1.54, 1.807) is 0 Å². The molecule has 0 aromatic heterocycles. The van der Waals surface area contributed by atoms with Crippen molar-refractivity contribution in [3.63, 3.8) is 0 Å². The van der Waals surface area contributed by atoms with E-state index >= 15 is 0 Å². The Hall–Kier alpha value is -0.950. The molecule has 1 heterocycles. The second-order valence-electron chi connectivity index (χ2n) is 2.12. The van der Waals surface area contributed by atoms with E-state index in [1.165, 1.54) is 0 Å². The van der Waals surface area contributed by atoms with Crippen molar-refractivity contribution < 1.29 is 4.57 Å². The summed E-state index contributed by atoms with van der Waals surface area (Å²) in [6, 6.07) is 7.62. The molecule has 2 rings (SSSR count). The molecule has 4 heteroatoms. The molecule has 1 aromatic carbocycles. The quantitative estimate of drug-likeness (QED) is 0.561. The molecule has 1 aromatic rings. The Balaban J connectivity index is 2.51. The van der Waals surface area contributed by atoms with Crippen LogP contribution in [0.2, 0.25) is 0 Å². The SMILES string of the molecule is O=[PH]1Nc2ccccc2N1. The van der Waals surface area contributed by atoms with Crippen LogP contribution in [-0.2, 0) is 4.57 Å². The topological polar surface area (TPSA) is 41.1 Å². The van der Waals surface area contributed by atoms with Crippen LogP contribution in [0.4, 0.5) is 11.4 Å². The number of nitrogens with one attached hydrogen (secondary N) is 2. The van der Waals surface area contributed by atoms with Gasteiger partial charge in [-0.15, -0.1) is 0 Å². The predicted octanol–water partition coefficient (Wildman–Crippen LogP) is 1.91. The minimum Gasteiger partial charge on any atom is -0.321 e. The fraction of sp³-hybridized carbons (Fsp3) is 0. The lowest BCUT2D eigenvalue weighted by molar-refractivity contribution is 0.594. The van der Waals surface area contributed by atoms with Gasteiger partial charge < -0.3 is 10.2 Å². The molecule has 1 aliphatic heterocycles. The molecule has 2 N–H and O–H groups in total. The minimum absolute atomic E-state index is 0.936. The molecule has 0 fully saturated rings. The van der Waals surface area contributed by atoms with Gasteiger partial charge in [-0.3, -0.25) is 4.57 Å². The van der Waals surface area contributed by atoms with E-state index in [0.29, 0.717) is 0 Å². The Bertz CT molecular complexity index is 260. The molecule has 0 aliphatic carbocycles. The highest BCUT2D eigenvalue weighted by Gasteiger charge is 2.11. The van der Waals surface area contributed by atoms with Crippen molar-refractivity contribution in [2.45, 2.75) is 0 Å². The van der Waals surface area contributed by atoms with Gasteiger partial charge in [-0.1, -0.05) is 12.1 Å². The van der Waals surface area contributed by atoms with E-state index in [4.69, 9.17) is 0 Å². The monoisotopic (exact) mass is 154 g/mol. The number of hydrogen-bond donors (Lipinski definition) is 2. The molecule has 0 saturated heterocycles. The van der Waals surface area contributed by atoms with Crippen LogP contribution in [0.15, 0.2) is 24.3 Å². The summed E-state index contributed by atoms with van der Waals surface area (Å²) in [5.74, 6) is 0. The third-order valence-corrected chi connectivity index (χ3v) is 2.42. The van der Waals surface area contributed by atoms with E-state index < -0.39 is 8.10 Å². The van der Waals surface area contributed by atoms with Gasteiger partial charge in [0.2, 0.25) is 8.10 Å². The molecule has 1 aliphatic rings. The van der Waals surface area contributed by atoms with E-state index in [1.807, 2.05) is 24.3 Å². The van der Waals surface area contributed by atoms with E-state index in [0.717, 1.165) is 11.4 Å². The van der Waals surface area contributed by atoms with Gasteiger partial charge in [0.15, 0.2) is 0 Å². The second kappa shape index (κ2) is 2.03. The van der Waals surface area contributed by atoms with Gasteiger partial charge in [-0.25, -0.2) is 0 Å². The van der Waals surface area contributed by atoms with E-state index in [2.05, 4.69) is 10.2 Å². The normalized spacial score (nSPS) is 15.6. The van der Waals surface area contributed by atoms with Crippen molar-refractivity contribution in [1.82, 2.24) is 0 Å². The summed E-state index contributed by atoms with van der Waals surface area (Å²) in [6.45, 7) is 0. The molecule has 52 valence electrons. The molecular weight excluding hydrogens is 147 g/mol. The molecular formula is C6H7N2OP. The van der Waals surface area contributed by atoms with Gasteiger partial charge in [0.05, 0.1) is 11.4 Å². The number of fused-ring (bicyclic) bond motifs is 1. The Morgan fingerprint density at radius 1 is 1.10 bits per heavy atom. The molecule has 3 nitrogen and oxygen atoms in total. The average Bonchev–Trinajstić information content (AvgIpc) is 2.27. The first-order chi connectivity index (χ1) is 4.86. The first-order valence-corrected chi connectivity index (χ1v) is 4.44. The molecule has 0 amide bonds. The van der Waals surface area contributed by atoms with Crippen molar-refractivity contribution in [2.24, 2.45) is 0 Å². The zero-order valence-corrected chi connectivity index (χ0v) is 6.22. The fourth-order valence-electron chi connectivity index (χ4n) is 0.977. The summed E-state index contributed by atoms with van der Waals surface area (Å²) in [5, 5.41) is 5.66. The smallest absolute Gasteiger partial charge is 0.246 e. The van der Waals surface area contributed by atoms with Gasteiger partial charge >= 0.3 is 0 Å². The molecule has 0 spiro atoms. The van der Waals surface area contributed by atoms with Crippen molar-refractivity contribution in [3.8, 4) is 0 Å². The Morgan fingerprint density at radius 3 is 2.10 bits per heavy atom. The van der Waals surface area contributed by atoms with Crippen LogP contribution in [0.5, 0.6) is 0 Å². The summed E-state index contributed by atoms with van der Waals surface area (Å²) in [4.78, 5) is 0. The van der Waals surface area contributed by atoms with Gasteiger partial charge in [-0.05, 0) is 12.1 Å². The molecule has 10 heavy (non-hydrogen) atoms. The van der Waals surface area contributed by atoms with Crippen molar-refractivity contribution >= 4 is 19.5 Å². The van der Waals surface area contributed by atoms with Crippen molar-refractivity contribution in [2.75, 3.05) is 10.2 Å². The third-order valence-electron chi connectivity index (χ3n) is 1.42. The van der Waals surface area contributed by atoms with Crippen LogP contribution in [0.3, 0.4) is 0 Å². The molecule has 0 bridgehead atoms. The highest BCUT2D eigenvalue weighted by atomic mass is 31.1. The maximum Gasteiger partial charge on any atom is 0.246 e. The second-order valence-corrected chi connectivity index (χ2v) is 3.28. The van der Waals surface area contributed by atoms with Gasteiger partial charge in [0.25, 0.3) is 0 Å². The number of hydrogen-bond acceptors (Lipinski definition) is 1. The van der Waals surface area contributed by atoms with Crippen LogP contribution in [0.25, 0.3) is 0 Å². The maximum absolute atomic E-state index is 10.9. The maximum atomic E-state index is 10.9. The zero-order valence-electron chi connectivity index (χ0n) is 5.22. The van der Waals surface area contributed by atoms with Gasteiger partial charge in [-0.2, -0.15) is 0 Å².